The van der Waals surface area contributed by atoms with E-state index in [1.807, 2.05) is 33.5 Å². The first-order valence-electron chi connectivity index (χ1n) is 10.1. The second-order valence-electron chi connectivity index (χ2n) is 7.69. The molecule has 0 saturated carbocycles. The molecule has 6 heterocycles. The van der Waals surface area contributed by atoms with Crippen molar-refractivity contribution in [1.82, 2.24) is 34.3 Å². The second kappa shape index (κ2) is 7.47. The summed E-state index contributed by atoms with van der Waals surface area (Å²) in [6.07, 6.45) is 5.99. The average molecular weight is 439 g/mol. The fourth-order valence-corrected chi connectivity index (χ4v) is 4.04. The summed E-state index contributed by atoms with van der Waals surface area (Å²) in [5, 5.41) is 17.1. The third kappa shape index (κ3) is 3.47. The maximum absolute atomic E-state index is 6.09. The fourth-order valence-electron chi connectivity index (χ4n) is 3.89. The number of aromatic nitrogens is 7. The Labute approximate surface area is 182 Å². The topological polar surface area (TPSA) is 104 Å². The molecular formula is C20H19ClN8O2. The van der Waals surface area contributed by atoms with Crippen molar-refractivity contribution in [3.05, 3.63) is 47.6 Å². The lowest BCUT2D eigenvalue weighted by Gasteiger charge is -2.26. The number of rotatable bonds is 5. The van der Waals surface area contributed by atoms with Crippen molar-refractivity contribution in [2.45, 2.75) is 24.9 Å². The molecule has 0 spiro atoms. The van der Waals surface area contributed by atoms with E-state index in [2.05, 4.69) is 30.6 Å². The van der Waals surface area contributed by atoms with Gasteiger partial charge < -0.3 is 14.8 Å². The van der Waals surface area contributed by atoms with Gasteiger partial charge in [0.15, 0.2) is 5.65 Å². The molecule has 31 heavy (non-hydrogen) atoms. The number of ether oxygens (including phenoxy) is 2. The maximum Gasteiger partial charge on any atom is 0.223 e. The lowest BCUT2D eigenvalue weighted by Crippen LogP contribution is -2.40. The Kier molecular flexibility index (Phi) is 4.46. The van der Waals surface area contributed by atoms with Gasteiger partial charge in [0.2, 0.25) is 11.8 Å². The van der Waals surface area contributed by atoms with Crippen molar-refractivity contribution < 1.29 is 9.47 Å². The Morgan fingerprint density at radius 1 is 1.23 bits per heavy atom. The van der Waals surface area contributed by atoms with E-state index in [1.54, 1.807) is 12.4 Å². The second-order valence-corrected chi connectivity index (χ2v) is 8.13. The number of hydrogen-bond donors (Lipinski definition) is 1. The molecule has 0 aliphatic carbocycles. The van der Waals surface area contributed by atoms with Crippen molar-refractivity contribution in [2.24, 2.45) is 0 Å². The van der Waals surface area contributed by atoms with Crippen molar-refractivity contribution in [2.75, 3.05) is 25.1 Å². The molecule has 2 aliphatic heterocycles. The molecule has 1 atom stereocenters. The number of halogens is 1. The molecule has 0 bridgehead atoms. The average Bonchev–Trinajstić information content (AvgIpc) is 3.31. The predicted octanol–water partition coefficient (Wildman–Crippen LogP) is 2.41. The number of nitrogens with zero attached hydrogens (tertiary/aromatic N) is 7. The zero-order valence-electron chi connectivity index (χ0n) is 16.5. The molecule has 2 aliphatic rings. The number of hydrogen-bond acceptors (Lipinski definition) is 8. The normalized spacial score (nSPS) is 18.4. The van der Waals surface area contributed by atoms with Gasteiger partial charge in [-0.1, -0.05) is 11.6 Å². The summed E-state index contributed by atoms with van der Waals surface area (Å²) in [4.78, 5) is 8.97. The van der Waals surface area contributed by atoms with Gasteiger partial charge in [0.1, 0.15) is 5.82 Å². The van der Waals surface area contributed by atoms with Crippen molar-refractivity contribution in [3.8, 4) is 17.1 Å². The van der Waals surface area contributed by atoms with Gasteiger partial charge in [0.25, 0.3) is 0 Å². The highest BCUT2D eigenvalue weighted by molar-refractivity contribution is 6.30. The lowest BCUT2D eigenvalue weighted by atomic mass is 10.1. The van der Waals surface area contributed by atoms with E-state index >= 15 is 0 Å². The largest absolute Gasteiger partial charge is 0.478 e. The predicted molar refractivity (Wildman–Crippen MR) is 112 cm³/mol. The van der Waals surface area contributed by atoms with E-state index in [0.717, 1.165) is 23.5 Å². The van der Waals surface area contributed by atoms with Gasteiger partial charge >= 0.3 is 0 Å². The molecule has 6 rings (SSSR count). The first-order valence-corrected chi connectivity index (χ1v) is 10.5. The van der Waals surface area contributed by atoms with Gasteiger partial charge in [0, 0.05) is 29.9 Å². The van der Waals surface area contributed by atoms with Gasteiger partial charge in [-0.3, -0.25) is 4.68 Å². The summed E-state index contributed by atoms with van der Waals surface area (Å²) in [5.41, 5.74) is 2.40. The highest BCUT2D eigenvalue weighted by Gasteiger charge is 2.26. The van der Waals surface area contributed by atoms with Crippen LogP contribution >= 0.6 is 11.6 Å². The minimum atomic E-state index is 0.109. The molecule has 0 radical (unpaired) electrons. The molecule has 1 N–H and O–H groups in total. The van der Waals surface area contributed by atoms with Crippen LogP contribution in [0.2, 0.25) is 5.02 Å². The van der Waals surface area contributed by atoms with Gasteiger partial charge in [0.05, 0.1) is 49.3 Å². The van der Waals surface area contributed by atoms with Crippen molar-refractivity contribution in [3.63, 3.8) is 0 Å². The van der Waals surface area contributed by atoms with E-state index in [0.29, 0.717) is 48.9 Å². The van der Waals surface area contributed by atoms with Crippen LogP contribution in [0.1, 0.15) is 18.2 Å². The Morgan fingerprint density at radius 3 is 2.97 bits per heavy atom. The van der Waals surface area contributed by atoms with E-state index in [1.165, 1.54) is 0 Å². The summed E-state index contributed by atoms with van der Waals surface area (Å²) in [6.45, 7) is 2.57. The molecule has 4 aromatic heterocycles. The summed E-state index contributed by atoms with van der Waals surface area (Å²) >= 11 is 6.01. The number of nitrogens with one attached hydrogen (secondary N) is 1. The Balaban J connectivity index is 1.35. The van der Waals surface area contributed by atoms with E-state index in [4.69, 9.17) is 21.1 Å². The molecule has 0 unspecified atom stereocenters. The number of anilines is 1. The molecular weight excluding hydrogens is 420 g/mol. The van der Waals surface area contributed by atoms with Crippen LogP contribution in [0.5, 0.6) is 5.88 Å². The third-order valence-electron chi connectivity index (χ3n) is 5.51. The van der Waals surface area contributed by atoms with Crippen LogP contribution < -0.4 is 10.1 Å². The quantitative estimate of drug-likeness (QED) is 0.506. The van der Waals surface area contributed by atoms with E-state index in [9.17, 15) is 0 Å². The van der Waals surface area contributed by atoms with Crippen LogP contribution in [0.3, 0.4) is 0 Å². The van der Waals surface area contributed by atoms with E-state index < -0.39 is 0 Å². The molecule has 0 amide bonds. The molecule has 158 valence electrons. The zero-order chi connectivity index (χ0) is 20.8. The Morgan fingerprint density at radius 2 is 2.16 bits per heavy atom. The maximum atomic E-state index is 6.09. The highest BCUT2D eigenvalue weighted by atomic mass is 35.5. The van der Waals surface area contributed by atoms with Crippen LogP contribution in [0.25, 0.3) is 16.9 Å². The van der Waals surface area contributed by atoms with Gasteiger partial charge in [-0.25, -0.2) is 14.4 Å². The van der Waals surface area contributed by atoms with Gasteiger partial charge in [-0.15, -0.1) is 10.2 Å². The molecule has 1 saturated heterocycles. The van der Waals surface area contributed by atoms with E-state index in [-0.39, 0.29) is 12.0 Å². The van der Waals surface area contributed by atoms with Crippen LogP contribution in [0.15, 0.2) is 36.8 Å². The zero-order valence-corrected chi connectivity index (χ0v) is 17.2. The fraction of sp³-hybridized carbons (Fsp3) is 0.350. The first-order chi connectivity index (χ1) is 15.2. The minimum Gasteiger partial charge on any atom is -0.478 e. The standard InChI is InChI=1S/C20H19ClN8O2/c21-14-7-23-28(9-14)8-12-2-4-31-18-6-13(5-17-26-27-19(12)29(17)18)16-1-3-22-20(25-16)24-15-10-30-11-15/h1,3,5-7,9,12,15H,2,4,8,10-11H2,(H,22,24,25)/t12-/m1/s1. The van der Waals surface area contributed by atoms with Crippen LogP contribution in [0.4, 0.5) is 5.95 Å². The van der Waals surface area contributed by atoms with Gasteiger partial charge in [-0.2, -0.15) is 5.10 Å². The van der Waals surface area contributed by atoms with Crippen LogP contribution in [-0.2, 0) is 11.3 Å². The smallest absolute Gasteiger partial charge is 0.223 e. The lowest BCUT2D eigenvalue weighted by molar-refractivity contribution is 0.0208. The number of pyridine rings is 1. The molecule has 10 nitrogen and oxygen atoms in total. The molecule has 4 aromatic rings. The Bertz CT molecular complexity index is 1250. The van der Waals surface area contributed by atoms with Crippen LogP contribution in [0, 0.1) is 0 Å². The Hall–Kier alpha value is -3.24. The SMILES string of the molecule is Clc1cnn(C[C@H]2CCOc3cc(-c4ccnc(NC5COC5)n4)cc4nnc2n34)c1. The summed E-state index contributed by atoms with van der Waals surface area (Å²) in [7, 11) is 0. The minimum absolute atomic E-state index is 0.109. The summed E-state index contributed by atoms with van der Waals surface area (Å²) < 4.78 is 15.1. The molecule has 11 heteroatoms. The summed E-state index contributed by atoms with van der Waals surface area (Å²) in [5.74, 6) is 2.25. The highest BCUT2D eigenvalue weighted by Crippen LogP contribution is 2.32. The third-order valence-corrected chi connectivity index (χ3v) is 5.71. The van der Waals surface area contributed by atoms with Crippen molar-refractivity contribution >= 4 is 23.2 Å². The van der Waals surface area contributed by atoms with Crippen LogP contribution in [-0.4, -0.2) is 60.2 Å². The van der Waals surface area contributed by atoms with Gasteiger partial charge in [-0.05, 0) is 18.6 Å². The first kappa shape index (κ1) is 18.5. The molecule has 1 fully saturated rings. The molecule has 0 aromatic carbocycles. The summed E-state index contributed by atoms with van der Waals surface area (Å²) in [6, 6.07) is 6.08. The van der Waals surface area contributed by atoms with Crippen molar-refractivity contribution in [1.29, 1.82) is 0 Å². The monoisotopic (exact) mass is 438 g/mol.